The van der Waals surface area contributed by atoms with Gasteiger partial charge in [-0.1, -0.05) is 79.7 Å². The molecule has 0 aliphatic heterocycles. The molecular weight excluding hydrogens is 470 g/mol. The zero-order valence-corrected chi connectivity index (χ0v) is 21.8. The SMILES string of the molecule is CCn1c(SCC(=O)Nc2cccc3ccccc23)nnc1[C@H](NC(=O)c1cccc(C)c1)C(C)C. The van der Waals surface area contributed by atoms with E-state index in [0.717, 1.165) is 22.0 Å². The van der Waals surface area contributed by atoms with E-state index >= 15 is 0 Å². The van der Waals surface area contributed by atoms with E-state index in [9.17, 15) is 9.59 Å². The molecule has 2 amide bonds. The molecule has 0 aliphatic rings. The number of aryl methyl sites for hydroxylation is 1. The molecule has 0 saturated heterocycles. The number of carbonyl (C=O) groups is 2. The van der Waals surface area contributed by atoms with E-state index in [-0.39, 0.29) is 29.5 Å². The fraction of sp³-hybridized carbons (Fsp3) is 0.286. The van der Waals surface area contributed by atoms with Crippen molar-refractivity contribution in [3.8, 4) is 0 Å². The van der Waals surface area contributed by atoms with Crippen molar-refractivity contribution < 1.29 is 9.59 Å². The van der Waals surface area contributed by atoms with Gasteiger partial charge in [0.1, 0.15) is 0 Å². The van der Waals surface area contributed by atoms with Crippen LogP contribution >= 0.6 is 11.8 Å². The van der Waals surface area contributed by atoms with Crippen LogP contribution < -0.4 is 10.6 Å². The third kappa shape index (κ3) is 5.76. The lowest BCUT2D eigenvalue weighted by molar-refractivity contribution is -0.113. The van der Waals surface area contributed by atoms with Gasteiger partial charge in [-0.05, 0) is 43.4 Å². The van der Waals surface area contributed by atoms with Gasteiger partial charge in [0.2, 0.25) is 5.91 Å². The van der Waals surface area contributed by atoms with Gasteiger partial charge in [-0.15, -0.1) is 10.2 Å². The Labute approximate surface area is 215 Å². The quantitative estimate of drug-likeness (QED) is 0.291. The molecule has 0 spiro atoms. The summed E-state index contributed by atoms with van der Waals surface area (Å²) in [5.41, 5.74) is 2.43. The molecule has 0 saturated carbocycles. The lowest BCUT2D eigenvalue weighted by atomic mass is 10.0. The third-order valence-electron chi connectivity index (χ3n) is 5.97. The fourth-order valence-electron chi connectivity index (χ4n) is 4.13. The molecule has 0 bridgehead atoms. The predicted molar refractivity (Wildman–Crippen MR) is 145 cm³/mol. The molecule has 7 nitrogen and oxygen atoms in total. The average molecular weight is 502 g/mol. The topological polar surface area (TPSA) is 88.9 Å². The van der Waals surface area contributed by atoms with Crippen LogP contribution in [0.5, 0.6) is 0 Å². The first-order valence-corrected chi connectivity index (χ1v) is 13.1. The molecule has 0 unspecified atom stereocenters. The molecule has 4 rings (SSSR count). The predicted octanol–water partition coefficient (Wildman–Crippen LogP) is 5.62. The summed E-state index contributed by atoms with van der Waals surface area (Å²) in [7, 11) is 0. The minimum atomic E-state index is -0.315. The maximum Gasteiger partial charge on any atom is 0.251 e. The van der Waals surface area contributed by atoms with Gasteiger partial charge in [0, 0.05) is 23.2 Å². The molecule has 0 aliphatic carbocycles. The largest absolute Gasteiger partial charge is 0.342 e. The summed E-state index contributed by atoms with van der Waals surface area (Å²) in [5, 5.41) is 17.6. The van der Waals surface area contributed by atoms with Crippen molar-refractivity contribution in [1.82, 2.24) is 20.1 Å². The number of benzene rings is 3. The first-order chi connectivity index (χ1) is 17.4. The van der Waals surface area contributed by atoms with E-state index in [1.807, 2.05) is 92.9 Å². The van der Waals surface area contributed by atoms with Gasteiger partial charge < -0.3 is 15.2 Å². The van der Waals surface area contributed by atoms with Crippen molar-refractivity contribution >= 4 is 40.0 Å². The smallest absolute Gasteiger partial charge is 0.251 e. The Morgan fingerprint density at radius 1 is 1.00 bits per heavy atom. The van der Waals surface area contributed by atoms with Crippen LogP contribution in [0.15, 0.2) is 71.9 Å². The van der Waals surface area contributed by atoms with Crippen LogP contribution in [0.25, 0.3) is 10.8 Å². The standard InChI is InChI=1S/C28H31N5O2S/c1-5-33-26(25(18(2)3)30-27(35)21-13-8-10-19(4)16-21)31-32-28(33)36-17-24(34)29-23-15-9-12-20-11-6-7-14-22(20)23/h6-16,18,25H,5,17H2,1-4H3,(H,29,34)(H,30,35)/t25-/m1/s1. The summed E-state index contributed by atoms with van der Waals surface area (Å²) in [4.78, 5) is 25.7. The molecule has 186 valence electrons. The van der Waals surface area contributed by atoms with Gasteiger partial charge in [-0.3, -0.25) is 9.59 Å². The lowest BCUT2D eigenvalue weighted by Crippen LogP contribution is -2.33. The van der Waals surface area contributed by atoms with Gasteiger partial charge in [0.25, 0.3) is 5.91 Å². The fourth-order valence-corrected chi connectivity index (χ4v) is 4.93. The van der Waals surface area contributed by atoms with Gasteiger partial charge >= 0.3 is 0 Å². The molecule has 3 aromatic carbocycles. The minimum absolute atomic E-state index is 0.0979. The van der Waals surface area contributed by atoms with Gasteiger partial charge in [0.05, 0.1) is 11.8 Å². The Kier molecular flexibility index (Phi) is 8.05. The number of rotatable bonds is 9. The Balaban J connectivity index is 1.47. The van der Waals surface area contributed by atoms with Crippen LogP contribution in [0.2, 0.25) is 0 Å². The summed E-state index contributed by atoms with van der Waals surface area (Å²) in [6.07, 6.45) is 0. The minimum Gasteiger partial charge on any atom is -0.342 e. The van der Waals surface area contributed by atoms with Crippen molar-refractivity contribution in [2.45, 2.75) is 45.4 Å². The number of fused-ring (bicyclic) bond motifs is 1. The van der Waals surface area contributed by atoms with Crippen molar-refractivity contribution in [2.75, 3.05) is 11.1 Å². The van der Waals surface area contributed by atoms with Crippen molar-refractivity contribution in [3.63, 3.8) is 0 Å². The van der Waals surface area contributed by atoms with Crippen LogP contribution in [0.3, 0.4) is 0 Å². The summed E-state index contributed by atoms with van der Waals surface area (Å²) in [6.45, 7) is 8.68. The number of hydrogen-bond acceptors (Lipinski definition) is 5. The second-order valence-electron chi connectivity index (χ2n) is 9.01. The van der Waals surface area contributed by atoms with Gasteiger partial charge in [-0.25, -0.2) is 0 Å². The Morgan fingerprint density at radius 2 is 1.75 bits per heavy atom. The molecular formula is C28H31N5O2S. The first-order valence-electron chi connectivity index (χ1n) is 12.1. The first kappa shape index (κ1) is 25.4. The molecule has 8 heteroatoms. The van der Waals surface area contributed by atoms with E-state index in [1.54, 1.807) is 6.07 Å². The van der Waals surface area contributed by atoms with E-state index < -0.39 is 0 Å². The average Bonchev–Trinajstić information content (AvgIpc) is 3.28. The van der Waals surface area contributed by atoms with Crippen LogP contribution in [-0.4, -0.2) is 32.3 Å². The van der Waals surface area contributed by atoms with Crippen LogP contribution in [0.1, 0.15) is 48.6 Å². The number of nitrogens with one attached hydrogen (secondary N) is 2. The van der Waals surface area contributed by atoms with Crippen LogP contribution in [0.4, 0.5) is 5.69 Å². The highest BCUT2D eigenvalue weighted by molar-refractivity contribution is 7.99. The zero-order valence-electron chi connectivity index (χ0n) is 21.0. The van der Waals surface area contributed by atoms with Crippen molar-refractivity contribution in [2.24, 2.45) is 5.92 Å². The summed E-state index contributed by atoms with van der Waals surface area (Å²) in [5.74, 6) is 0.721. The third-order valence-corrected chi connectivity index (χ3v) is 6.94. The molecule has 0 radical (unpaired) electrons. The Morgan fingerprint density at radius 3 is 2.50 bits per heavy atom. The number of nitrogens with zero attached hydrogens (tertiary/aromatic N) is 3. The summed E-state index contributed by atoms with van der Waals surface area (Å²) in [6, 6.07) is 21.0. The highest BCUT2D eigenvalue weighted by atomic mass is 32.2. The summed E-state index contributed by atoms with van der Waals surface area (Å²) < 4.78 is 1.97. The highest BCUT2D eigenvalue weighted by Gasteiger charge is 2.26. The molecule has 1 atom stereocenters. The molecule has 2 N–H and O–H groups in total. The van der Waals surface area contributed by atoms with E-state index in [2.05, 4.69) is 20.8 Å². The molecule has 0 fully saturated rings. The van der Waals surface area contributed by atoms with Crippen molar-refractivity contribution in [3.05, 3.63) is 83.7 Å². The van der Waals surface area contributed by atoms with Crippen LogP contribution in [-0.2, 0) is 11.3 Å². The molecule has 4 aromatic rings. The second kappa shape index (κ2) is 11.4. The number of anilines is 1. The van der Waals surface area contributed by atoms with Crippen molar-refractivity contribution in [1.29, 1.82) is 0 Å². The Hall–Kier alpha value is -3.65. The number of thioether (sulfide) groups is 1. The molecule has 1 aromatic heterocycles. The number of carbonyl (C=O) groups excluding carboxylic acids is 2. The van der Waals surface area contributed by atoms with Gasteiger partial charge in [0.15, 0.2) is 11.0 Å². The zero-order chi connectivity index (χ0) is 25.7. The molecule has 36 heavy (non-hydrogen) atoms. The highest BCUT2D eigenvalue weighted by Crippen LogP contribution is 2.27. The van der Waals surface area contributed by atoms with E-state index in [4.69, 9.17) is 0 Å². The monoisotopic (exact) mass is 501 g/mol. The number of amides is 2. The van der Waals surface area contributed by atoms with Gasteiger partial charge in [-0.2, -0.15) is 0 Å². The maximum atomic E-state index is 12.9. The van der Waals surface area contributed by atoms with Crippen LogP contribution in [0, 0.1) is 12.8 Å². The number of hydrogen-bond donors (Lipinski definition) is 2. The maximum absolute atomic E-state index is 12.9. The summed E-state index contributed by atoms with van der Waals surface area (Å²) >= 11 is 1.34. The number of aromatic nitrogens is 3. The van der Waals surface area contributed by atoms with E-state index in [0.29, 0.717) is 23.1 Å². The second-order valence-corrected chi connectivity index (χ2v) is 9.96. The Bertz CT molecular complexity index is 1380. The molecule has 1 heterocycles. The normalized spacial score (nSPS) is 12.0. The lowest BCUT2D eigenvalue weighted by Gasteiger charge is -2.22. The van der Waals surface area contributed by atoms with E-state index in [1.165, 1.54) is 11.8 Å².